The molecule has 0 aliphatic carbocycles. The molecule has 0 spiro atoms. The summed E-state index contributed by atoms with van der Waals surface area (Å²) in [6, 6.07) is 3.33. The molecule has 0 saturated carbocycles. The van der Waals surface area contributed by atoms with Gasteiger partial charge in [0.1, 0.15) is 11.6 Å². The molecule has 1 unspecified atom stereocenters. The number of rotatable bonds is 5. The lowest BCUT2D eigenvalue weighted by Gasteiger charge is -2.25. The van der Waals surface area contributed by atoms with Gasteiger partial charge in [0.2, 0.25) is 0 Å². The first-order valence-corrected chi connectivity index (χ1v) is 5.55. The second kappa shape index (κ2) is 5.92. The van der Waals surface area contributed by atoms with E-state index in [2.05, 4.69) is 5.43 Å². The molecule has 0 saturated heterocycles. The highest BCUT2D eigenvalue weighted by Crippen LogP contribution is 2.28. The molecule has 0 amide bonds. The van der Waals surface area contributed by atoms with Gasteiger partial charge in [0, 0.05) is 11.6 Å². The molecule has 0 bridgehead atoms. The second-order valence-corrected chi connectivity index (χ2v) is 3.89. The lowest BCUT2D eigenvalue weighted by molar-refractivity contribution is 0.336. The van der Waals surface area contributed by atoms with Gasteiger partial charge < -0.3 is 0 Å². The van der Waals surface area contributed by atoms with Crippen molar-refractivity contribution in [3.63, 3.8) is 0 Å². The summed E-state index contributed by atoms with van der Waals surface area (Å²) >= 11 is 0. The van der Waals surface area contributed by atoms with E-state index in [1.807, 2.05) is 13.8 Å². The van der Waals surface area contributed by atoms with Crippen molar-refractivity contribution in [3.05, 3.63) is 35.4 Å². The largest absolute Gasteiger partial charge is 0.271 e. The minimum absolute atomic E-state index is 0.241. The summed E-state index contributed by atoms with van der Waals surface area (Å²) < 4.78 is 26.4. The molecule has 1 aromatic rings. The quantitative estimate of drug-likeness (QED) is 0.600. The van der Waals surface area contributed by atoms with E-state index in [9.17, 15) is 8.78 Å². The zero-order valence-electron chi connectivity index (χ0n) is 9.63. The molecular formula is C12H18F2N2. The fourth-order valence-corrected chi connectivity index (χ4v) is 1.99. The standard InChI is InChI=1S/C12H18F2N2/c1-3-8(4-2)12(16-15)10-6-5-9(13)7-11(10)14/h5-8,12,16H,3-4,15H2,1-2H3. The Hall–Kier alpha value is -1.00. The zero-order valence-corrected chi connectivity index (χ0v) is 9.63. The van der Waals surface area contributed by atoms with Crippen LogP contribution < -0.4 is 11.3 Å². The van der Waals surface area contributed by atoms with Gasteiger partial charge in [-0.05, 0) is 12.0 Å². The summed E-state index contributed by atoms with van der Waals surface area (Å²) in [6.07, 6.45) is 1.78. The Kier molecular flexibility index (Phi) is 4.83. The number of hydrogen-bond donors (Lipinski definition) is 2. The Balaban J connectivity index is 3.03. The van der Waals surface area contributed by atoms with Crippen LogP contribution in [0.25, 0.3) is 0 Å². The molecule has 0 aromatic heterocycles. The molecule has 0 heterocycles. The fourth-order valence-electron chi connectivity index (χ4n) is 1.99. The molecule has 0 fully saturated rings. The molecule has 1 aromatic carbocycles. The van der Waals surface area contributed by atoms with Crippen LogP contribution in [0.3, 0.4) is 0 Å². The topological polar surface area (TPSA) is 38.0 Å². The number of benzene rings is 1. The van der Waals surface area contributed by atoms with Crippen LogP contribution in [0.4, 0.5) is 8.78 Å². The van der Waals surface area contributed by atoms with Crippen molar-refractivity contribution in [2.75, 3.05) is 0 Å². The van der Waals surface area contributed by atoms with Crippen molar-refractivity contribution in [3.8, 4) is 0 Å². The number of hydrazine groups is 1. The van der Waals surface area contributed by atoms with Crippen LogP contribution in [0.5, 0.6) is 0 Å². The van der Waals surface area contributed by atoms with Gasteiger partial charge >= 0.3 is 0 Å². The molecule has 0 radical (unpaired) electrons. The van der Waals surface area contributed by atoms with Crippen molar-refractivity contribution < 1.29 is 8.78 Å². The highest BCUT2D eigenvalue weighted by atomic mass is 19.1. The van der Waals surface area contributed by atoms with E-state index in [1.165, 1.54) is 12.1 Å². The number of halogens is 2. The van der Waals surface area contributed by atoms with Crippen LogP contribution in [-0.2, 0) is 0 Å². The van der Waals surface area contributed by atoms with Crippen LogP contribution in [0, 0.1) is 17.6 Å². The van der Waals surface area contributed by atoms with Crippen LogP contribution in [0.2, 0.25) is 0 Å². The van der Waals surface area contributed by atoms with Crippen molar-refractivity contribution in [2.45, 2.75) is 32.7 Å². The first-order valence-electron chi connectivity index (χ1n) is 5.55. The molecule has 90 valence electrons. The van der Waals surface area contributed by atoms with Gasteiger partial charge in [-0.25, -0.2) is 8.78 Å². The molecule has 1 rings (SSSR count). The van der Waals surface area contributed by atoms with Gasteiger partial charge in [0.05, 0.1) is 6.04 Å². The predicted octanol–water partition coefficient (Wildman–Crippen LogP) is 2.91. The normalized spacial score (nSPS) is 13.1. The first kappa shape index (κ1) is 13.1. The fraction of sp³-hybridized carbons (Fsp3) is 0.500. The monoisotopic (exact) mass is 228 g/mol. The van der Waals surface area contributed by atoms with Crippen LogP contribution in [-0.4, -0.2) is 0 Å². The highest BCUT2D eigenvalue weighted by Gasteiger charge is 2.22. The third-order valence-electron chi connectivity index (χ3n) is 3.00. The maximum Gasteiger partial charge on any atom is 0.130 e. The zero-order chi connectivity index (χ0) is 12.1. The minimum Gasteiger partial charge on any atom is -0.271 e. The molecule has 16 heavy (non-hydrogen) atoms. The van der Waals surface area contributed by atoms with Gasteiger partial charge in [-0.2, -0.15) is 0 Å². The number of nitrogens with two attached hydrogens (primary N) is 1. The van der Waals surface area contributed by atoms with Gasteiger partial charge in [-0.1, -0.05) is 32.8 Å². The van der Waals surface area contributed by atoms with Gasteiger partial charge in [0.15, 0.2) is 0 Å². The van der Waals surface area contributed by atoms with Gasteiger partial charge in [-0.3, -0.25) is 11.3 Å². The van der Waals surface area contributed by atoms with Gasteiger partial charge in [-0.15, -0.1) is 0 Å². The molecule has 0 aliphatic rings. The van der Waals surface area contributed by atoms with E-state index in [1.54, 1.807) is 0 Å². The Morgan fingerprint density at radius 2 is 1.88 bits per heavy atom. The SMILES string of the molecule is CCC(CC)C(NN)c1ccc(F)cc1F. The summed E-state index contributed by atoms with van der Waals surface area (Å²) in [6.45, 7) is 4.06. The molecule has 2 nitrogen and oxygen atoms in total. The van der Waals surface area contributed by atoms with Crippen LogP contribution in [0.1, 0.15) is 38.3 Å². The van der Waals surface area contributed by atoms with Crippen molar-refractivity contribution >= 4 is 0 Å². The van der Waals surface area contributed by atoms with E-state index in [4.69, 9.17) is 5.84 Å². The smallest absolute Gasteiger partial charge is 0.130 e. The van der Waals surface area contributed by atoms with Crippen molar-refractivity contribution in [1.29, 1.82) is 0 Å². The van der Waals surface area contributed by atoms with Crippen LogP contribution >= 0.6 is 0 Å². The number of nitrogens with one attached hydrogen (secondary N) is 1. The van der Waals surface area contributed by atoms with E-state index in [-0.39, 0.29) is 12.0 Å². The van der Waals surface area contributed by atoms with E-state index in [0.717, 1.165) is 18.9 Å². The Labute approximate surface area is 94.8 Å². The molecule has 3 N–H and O–H groups in total. The summed E-state index contributed by atoms with van der Waals surface area (Å²) in [7, 11) is 0. The van der Waals surface area contributed by atoms with Crippen molar-refractivity contribution in [1.82, 2.24) is 5.43 Å². The van der Waals surface area contributed by atoms with E-state index >= 15 is 0 Å². The van der Waals surface area contributed by atoms with E-state index in [0.29, 0.717) is 5.56 Å². The lowest BCUT2D eigenvalue weighted by atomic mass is 9.89. The minimum atomic E-state index is -0.568. The second-order valence-electron chi connectivity index (χ2n) is 3.89. The molecule has 4 heteroatoms. The Bertz CT molecular complexity index is 338. The maximum absolute atomic E-state index is 13.6. The van der Waals surface area contributed by atoms with Crippen molar-refractivity contribution in [2.24, 2.45) is 11.8 Å². The lowest BCUT2D eigenvalue weighted by Crippen LogP contribution is -2.33. The highest BCUT2D eigenvalue weighted by molar-refractivity contribution is 5.22. The summed E-state index contributed by atoms with van der Waals surface area (Å²) in [5, 5.41) is 0. The van der Waals surface area contributed by atoms with Gasteiger partial charge in [0.25, 0.3) is 0 Å². The molecule has 0 aliphatic heterocycles. The Morgan fingerprint density at radius 1 is 1.25 bits per heavy atom. The van der Waals surface area contributed by atoms with Crippen LogP contribution in [0.15, 0.2) is 18.2 Å². The third-order valence-corrected chi connectivity index (χ3v) is 3.00. The summed E-state index contributed by atoms with van der Waals surface area (Å²) in [5.74, 6) is 4.58. The molecular weight excluding hydrogens is 210 g/mol. The third kappa shape index (κ3) is 2.77. The maximum atomic E-state index is 13.6. The Morgan fingerprint density at radius 3 is 2.31 bits per heavy atom. The average Bonchev–Trinajstić information content (AvgIpc) is 2.27. The first-order chi connectivity index (χ1) is 7.63. The molecule has 1 atom stereocenters. The summed E-state index contributed by atoms with van der Waals surface area (Å²) in [5.41, 5.74) is 3.05. The average molecular weight is 228 g/mol. The van der Waals surface area contributed by atoms with E-state index < -0.39 is 11.6 Å². The number of hydrogen-bond acceptors (Lipinski definition) is 2. The predicted molar refractivity (Wildman–Crippen MR) is 60.5 cm³/mol. The summed E-state index contributed by atoms with van der Waals surface area (Å²) in [4.78, 5) is 0.